The van der Waals surface area contributed by atoms with Gasteiger partial charge >= 0.3 is 0 Å². The quantitative estimate of drug-likeness (QED) is 0.758. The lowest BCUT2D eigenvalue weighted by atomic mass is 10.2. The maximum atomic E-state index is 3.61. The van der Waals surface area contributed by atoms with Crippen molar-refractivity contribution < 1.29 is 0 Å². The second-order valence-corrected chi connectivity index (χ2v) is 7.26. The summed E-state index contributed by atoms with van der Waals surface area (Å²) in [6, 6.07) is 20.5. The monoisotopic (exact) mass is 289 g/mol. The van der Waals surface area contributed by atoms with Gasteiger partial charge in [-0.1, -0.05) is 76.2 Å². The Kier molecular flexibility index (Phi) is 3.96. The van der Waals surface area contributed by atoms with Crippen molar-refractivity contribution in [1.82, 2.24) is 0 Å². The van der Waals surface area contributed by atoms with Gasteiger partial charge in [-0.25, -0.2) is 0 Å². The first kappa shape index (κ1) is 11.6. The molecule has 81 valence electrons. The van der Waals surface area contributed by atoms with E-state index in [0.717, 1.165) is 0 Å². The molecule has 0 N–H and O–H groups in total. The van der Waals surface area contributed by atoms with Crippen LogP contribution in [0.25, 0.3) is 0 Å². The summed E-state index contributed by atoms with van der Waals surface area (Å²) >= 11 is 3.61. The van der Waals surface area contributed by atoms with Crippen molar-refractivity contribution >= 4 is 29.9 Å². The maximum Gasteiger partial charge on any atom is 0.0869 e. The van der Waals surface area contributed by atoms with Gasteiger partial charge in [-0.2, -0.15) is 0 Å². The predicted octanol–water partition coefficient (Wildman–Crippen LogP) is 3.56. The van der Waals surface area contributed by atoms with E-state index in [2.05, 4.69) is 77.1 Å². The minimum atomic E-state index is -0.472. The van der Waals surface area contributed by atoms with Crippen LogP contribution in [0.5, 0.6) is 0 Å². The summed E-state index contributed by atoms with van der Waals surface area (Å²) in [7, 11) is -0.472. The minimum Gasteiger partial charge on any atom is -0.0666 e. The molecule has 0 nitrogen and oxygen atoms in total. The van der Waals surface area contributed by atoms with Crippen LogP contribution in [0.1, 0.15) is 5.56 Å². The molecule has 0 amide bonds. The van der Waals surface area contributed by atoms with E-state index in [1.807, 2.05) is 0 Å². The molecule has 2 aromatic carbocycles. The van der Waals surface area contributed by atoms with Gasteiger partial charge in [0.25, 0.3) is 0 Å². The Morgan fingerprint density at radius 2 is 1.56 bits per heavy atom. The Balaban J connectivity index is 2.14. The largest absolute Gasteiger partial charge is 0.0869 e. The van der Waals surface area contributed by atoms with E-state index in [0.29, 0.717) is 0 Å². The van der Waals surface area contributed by atoms with E-state index in [9.17, 15) is 0 Å². The van der Waals surface area contributed by atoms with Gasteiger partial charge in [0, 0.05) is 4.47 Å². The molecule has 0 fully saturated rings. The summed E-state index contributed by atoms with van der Waals surface area (Å²) in [5.74, 6) is 0. The molecule has 0 atom stereocenters. The molecule has 0 aliphatic heterocycles. The van der Waals surface area contributed by atoms with Gasteiger partial charge in [-0.15, -0.1) is 0 Å². The first-order chi connectivity index (χ1) is 7.77. The van der Waals surface area contributed by atoms with Crippen LogP contribution in [0, 0.1) is 0 Å². The van der Waals surface area contributed by atoms with E-state index in [4.69, 9.17) is 0 Å². The van der Waals surface area contributed by atoms with Gasteiger partial charge in [-0.3, -0.25) is 0 Å². The van der Waals surface area contributed by atoms with Crippen molar-refractivity contribution in [3.05, 3.63) is 64.6 Å². The van der Waals surface area contributed by atoms with Crippen molar-refractivity contribution in [2.24, 2.45) is 0 Å². The lowest BCUT2D eigenvalue weighted by Gasteiger charge is -2.11. The summed E-state index contributed by atoms with van der Waals surface area (Å²) < 4.78 is 1.23. The van der Waals surface area contributed by atoms with Gasteiger partial charge < -0.3 is 0 Å². The Labute approximate surface area is 107 Å². The average molecular weight is 290 g/mol. The van der Waals surface area contributed by atoms with E-state index in [-0.39, 0.29) is 0 Å². The molecule has 0 spiro atoms. The van der Waals surface area contributed by atoms with E-state index >= 15 is 0 Å². The SMILES string of the molecule is C[Si](Cc1ccccc1Br)c1ccccc1. The van der Waals surface area contributed by atoms with Crippen LogP contribution in [0.2, 0.25) is 6.55 Å². The zero-order valence-corrected chi connectivity index (χ0v) is 11.9. The summed E-state index contributed by atoms with van der Waals surface area (Å²) in [5.41, 5.74) is 1.42. The normalized spacial score (nSPS) is 10.7. The third kappa shape index (κ3) is 2.83. The molecule has 1 radical (unpaired) electrons. The molecule has 0 aromatic heterocycles. The molecule has 0 heterocycles. The van der Waals surface area contributed by atoms with Crippen molar-refractivity contribution in [3.8, 4) is 0 Å². The fourth-order valence-corrected chi connectivity index (χ4v) is 4.28. The first-order valence-electron chi connectivity index (χ1n) is 5.38. The smallest absolute Gasteiger partial charge is 0.0666 e. The number of hydrogen-bond donors (Lipinski definition) is 0. The van der Waals surface area contributed by atoms with Crippen LogP contribution in [0.4, 0.5) is 0 Å². The van der Waals surface area contributed by atoms with E-state index in [1.165, 1.54) is 21.3 Å². The predicted molar refractivity (Wildman–Crippen MR) is 75.5 cm³/mol. The lowest BCUT2D eigenvalue weighted by Crippen LogP contribution is -2.29. The molecule has 0 bridgehead atoms. The van der Waals surface area contributed by atoms with Gasteiger partial charge in [-0.05, 0) is 17.7 Å². The van der Waals surface area contributed by atoms with Crippen LogP contribution in [0.3, 0.4) is 0 Å². The number of benzene rings is 2. The lowest BCUT2D eigenvalue weighted by molar-refractivity contribution is 1.33. The van der Waals surface area contributed by atoms with Gasteiger partial charge in [0.1, 0.15) is 0 Å². The number of halogens is 1. The summed E-state index contributed by atoms with van der Waals surface area (Å²) in [4.78, 5) is 0. The zero-order valence-electron chi connectivity index (χ0n) is 9.28. The fraction of sp³-hybridized carbons (Fsp3) is 0.143. The molecule has 0 unspecified atom stereocenters. The van der Waals surface area contributed by atoms with Gasteiger partial charge in [0.05, 0.1) is 8.80 Å². The second-order valence-electron chi connectivity index (χ2n) is 3.91. The number of rotatable bonds is 3. The van der Waals surface area contributed by atoms with E-state index in [1.54, 1.807) is 0 Å². The molecule has 0 saturated heterocycles. The Bertz CT molecular complexity index is 453. The van der Waals surface area contributed by atoms with Gasteiger partial charge in [0.2, 0.25) is 0 Å². The Hall–Kier alpha value is -0.863. The second kappa shape index (κ2) is 5.46. The average Bonchev–Trinajstić information content (AvgIpc) is 2.33. The van der Waals surface area contributed by atoms with Crippen LogP contribution in [-0.2, 0) is 6.04 Å². The highest BCUT2D eigenvalue weighted by molar-refractivity contribution is 9.10. The molecule has 2 aromatic rings. The Morgan fingerprint density at radius 3 is 2.25 bits per heavy atom. The third-order valence-electron chi connectivity index (χ3n) is 2.68. The Morgan fingerprint density at radius 1 is 0.938 bits per heavy atom. The van der Waals surface area contributed by atoms with Gasteiger partial charge in [0.15, 0.2) is 0 Å². The summed E-state index contributed by atoms with van der Waals surface area (Å²) in [6.07, 6.45) is 0. The number of hydrogen-bond acceptors (Lipinski definition) is 0. The molecular formula is C14H14BrSi. The summed E-state index contributed by atoms with van der Waals surface area (Å²) in [6.45, 7) is 2.37. The molecular weight excluding hydrogens is 276 g/mol. The first-order valence-corrected chi connectivity index (χ1v) is 8.38. The molecule has 2 rings (SSSR count). The van der Waals surface area contributed by atoms with Crippen LogP contribution in [0.15, 0.2) is 59.1 Å². The topological polar surface area (TPSA) is 0 Å². The van der Waals surface area contributed by atoms with Crippen molar-refractivity contribution in [2.75, 3.05) is 0 Å². The highest BCUT2D eigenvalue weighted by Gasteiger charge is 2.09. The summed E-state index contributed by atoms with van der Waals surface area (Å²) in [5, 5.41) is 1.50. The minimum absolute atomic E-state index is 0.472. The molecule has 0 saturated carbocycles. The fourth-order valence-electron chi connectivity index (χ4n) is 1.75. The molecule has 0 aliphatic rings. The maximum absolute atomic E-state index is 3.61. The van der Waals surface area contributed by atoms with Crippen molar-refractivity contribution in [2.45, 2.75) is 12.6 Å². The molecule has 0 aliphatic carbocycles. The third-order valence-corrected chi connectivity index (χ3v) is 5.68. The highest BCUT2D eigenvalue weighted by atomic mass is 79.9. The highest BCUT2D eigenvalue weighted by Crippen LogP contribution is 2.17. The van der Waals surface area contributed by atoms with Crippen LogP contribution < -0.4 is 5.19 Å². The molecule has 16 heavy (non-hydrogen) atoms. The standard InChI is InChI=1S/C14H14BrSi/c1-16(13-8-3-2-4-9-13)11-12-7-5-6-10-14(12)15/h2-10H,11H2,1H3. The van der Waals surface area contributed by atoms with Crippen molar-refractivity contribution in [3.63, 3.8) is 0 Å². The van der Waals surface area contributed by atoms with Crippen LogP contribution in [-0.4, -0.2) is 8.80 Å². The zero-order chi connectivity index (χ0) is 11.4. The van der Waals surface area contributed by atoms with E-state index < -0.39 is 8.80 Å². The van der Waals surface area contributed by atoms with Crippen molar-refractivity contribution in [1.29, 1.82) is 0 Å². The molecule has 2 heteroatoms. The van der Waals surface area contributed by atoms with Crippen LogP contribution >= 0.6 is 15.9 Å².